The van der Waals surface area contributed by atoms with Gasteiger partial charge in [-0.25, -0.2) is 9.78 Å². The fourth-order valence-corrected chi connectivity index (χ4v) is 1.59. The summed E-state index contributed by atoms with van der Waals surface area (Å²) < 4.78 is 0. The lowest BCUT2D eigenvalue weighted by atomic mass is 10.2. The molecule has 0 radical (unpaired) electrons. The highest BCUT2D eigenvalue weighted by Crippen LogP contribution is 2.25. The molecule has 1 rings (SSSR count). The van der Waals surface area contributed by atoms with Gasteiger partial charge in [-0.3, -0.25) is 0 Å². The Morgan fingerprint density at radius 1 is 1.69 bits per heavy atom. The maximum Gasteiger partial charge on any atom is 0.337 e. The SMILES string of the molecule is CCC(C)N(C)c1ncc(C(=O)O)cc1Cl. The second-order valence-electron chi connectivity index (χ2n) is 3.70. The van der Waals surface area contributed by atoms with Crippen LogP contribution < -0.4 is 4.90 Å². The quantitative estimate of drug-likeness (QED) is 0.882. The molecule has 0 aliphatic rings. The van der Waals surface area contributed by atoms with Gasteiger partial charge in [-0.2, -0.15) is 0 Å². The van der Waals surface area contributed by atoms with Crippen LogP contribution in [-0.4, -0.2) is 29.1 Å². The van der Waals surface area contributed by atoms with Gasteiger partial charge in [0.15, 0.2) is 0 Å². The third kappa shape index (κ3) is 2.64. The van der Waals surface area contributed by atoms with Crippen molar-refractivity contribution in [2.75, 3.05) is 11.9 Å². The Hall–Kier alpha value is -1.29. The molecule has 0 aliphatic heterocycles. The number of nitrogens with zero attached hydrogens (tertiary/aromatic N) is 2. The molecule has 4 nitrogen and oxygen atoms in total. The third-order valence-electron chi connectivity index (χ3n) is 2.65. The summed E-state index contributed by atoms with van der Waals surface area (Å²) in [5, 5.41) is 9.15. The Labute approximate surface area is 99.9 Å². The van der Waals surface area contributed by atoms with E-state index >= 15 is 0 Å². The summed E-state index contributed by atoms with van der Waals surface area (Å²) in [6.45, 7) is 4.13. The maximum atomic E-state index is 10.7. The van der Waals surface area contributed by atoms with Crippen LogP contribution in [0.2, 0.25) is 5.02 Å². The number of hydrogen-bond donors (Lipinski definition) is 1. The number of pyridine rings is 1. The molecule has 1 aromatic heterocycles. The molecule has 1 unspecified atom stereocenters. The minimum Gasteiger partial charge on any atom is -0.478 e. The fraction of sp³-hybridized carbons (Fsp3) is 0.455. The van der Waals surface area contributed by atoms with E-state index in [1.54, 1.807) is 0 Å². The first-order chi connectivity index (χ1) is 7.47. The lowest BCUT2D eigenvalue weighted by molar-refractivity contribution is 0.0696. The Morgan fingerprint density at radius 2 is 2.31 bits per heavy atom. The van der Waals surface area contributed by atoms with Crippen LogP contribution in [0.4, 0.5) is 5.82 Å². The predicted octanol–water partition coefficient (Wildman–Crippen LogP) is 2.67. The summed E-state index contributed by atoms with van der Waals surface area (Å²) >= 11 is 6.00. The standard InChI is InChI=1S/C11H15ClN2O2/c1-4-7(2)14(3)10-9(12)5-8(6-13-10)11(15)16/h5-7H,4H2,1-3H3,(H,15,16). The number of halogens is 1. The van der Waals surface area contributed by atoms with Crippen molar-refractivity contribution in [3.63, 3.8) is 0 Å². The Bertz CT molecular complexity index is 396. The van der Waals surface area contributed by atoms with E-state index in [0.717, 1.165) is 6.42 Å². The van der Waals surface area contributed by atoms with Gasteiger partial charge < -0.3 is 10.0 Å². The molecule has 0 bridgehead atoms. The van der Waals surface area contributed by atoms with Crippen LogP contribution in [0.5, 0.6) is 0 Å². The number of carboxylic acid groups (broad SMARTS) is 1. The second kappa shape index (κ2) is 5.16. The number of aromatic carboxylic acids is 1. The van der Waals surface area contributed by atoms with E-state index in [9.17, 15) is 4.79 Å². The first-order valence-corrected chi connectivity index (χ1v) is 5.46. The van der Waals surface area contributed by atoms with Gasteiger partial charge in [0, 0.05) is 19.3 Å². The topological polar surface area (TPSA) is 53.4 Å². The van der Waals surface area contributed by atoms with E-state index in [-0.39, 0.29) is 5.56 Å². The molecular formula is C11H15ClN2O2. The molecule has 0 spiro atoms. The average Bonchev–Trinajstić information content (AvgIpc) is 2.26. The van der Waals surface area contributed by atoms with Crippen molar-refractivity contribution in [2.24, 2.45) is 0 Å². The largest absolute Gasteiger partial charge is 0.478 e. The lowest BCUT2D eigenvalue weighted by Crippen LogP contribution is -2.29. The summed E-state index contributed by atoms with van der Waals surface area (Å²) in [5.74, 6) is -0.409. The first-order valence-electron chi connectivity index (χ1n) is 5.09. The minimum absolute atomic E-state index is 0.103. The highest BCUT2D eigenvalue weighted by molar-refractivity contribution is 6.33. The molecule has 1 atom stereocenters. The van der Waals surface area contributed by atoms with E-state index in [1.165, 1.54) is 12.3 Å². The van der Waals surface area contributed by atoms with E-state index in [0.29, 0.717) is 16.9 Å². The molecule has 0 saturated carbocycles. The van der Waals surface area contributed by atoms with Crippen LogP contribution in [0.1, 0.15) is 30.6 Å². The van der Waals surface area contributed by atoms with Crippen molar-refractivity contribution in [3.05, 3.63) is 22.8 Å². The summed E-state index contributed by atoms with van der Waals surface area (Å²) in [4.78, 5) is 16.7. The monoisotopic (exact) mass is 242 g/mol. The van der Waals surface area contributed by atoms with Gasteiger partial charge in [-0.05, 0) is 19.4 Å². The van der Waals surface area contributed by atoms with Crippen molar-refractivity contribution < 1.29 is 9.90 Å². The molecule has 1 heterocycles. The Balaban J connectivity index is 3.03. The summed E-state index contributed by atoms with van der Waals surface area (Å²) in [6.07, 6.45) is 2.29. The van der Waals surface area contributed by atoms with Crippen LogP contribution in [0.15, 0.2) is 12.3 Å². The van der Waals surface area contributed by atoms with Crippen LogP contribution in [0.25, 0.3) is 0 Å². The van der Waals surface area contributed by atoms with Crippen molar-refractivity contribution in [2.45, 2.75) is 26.3 Å². The molecule has 0 fully saturated rings. The lowest BCUT2D eigenvalue weighted by Gasteiger charge is -2.25. The number of aromatic nitrogens is 1. The zero-order valence-corrected chi connectivity index (χ0v) is 10.3. The zero-order valence-electron chi connectivity index (χ0n) is 9.57. The Kier molecular flexibility index (Phi) is 4.12. The molecule has 1 N–H and O–H groups in total. The zero-order chi connectivity index (χ0) is 12.3. The number of hydrogen-bond acceptors (Lipinski definition) is 3. The van der Waals surface area contributed by atoms with Gasteiger partial charge in [0.05, 0.1) is 10.6 Å². The van der Waals surface area contributed by atoms with Crippen molar-refractivity contribution >= 4 is 23.4 Å². The van der Waals surface area contributed by atoms with Gasteiger partial charge >= 0.3 is 5.97 Å². The molecule has 16 heavy (non-hydrogen) atoms. The van der Waals surface area contributed by atoms with E-state index < -0.39 is 5.97 Å². The van der Waals surface area contributed by atoms with Gasteiger partial charge in [0.25, 0.3) is 0 Å². The third-order valence-corrected chi connectivity index (χ3v) is 2.93. The van der Waals surface area contributed by atoms with Crippen molar-refractivity contribution in [1.82, 2.24) is 4.98 Å². The molecule has 0 saturated heterocycles. The predicted molar refractivity (Wildman–Crippen MR) is 64.4 cm³/mol. The average molecular weight is 243 g/mol. The minimum atomic E-state index is -1.02. The second-order valence-corrected chi connectivity index (χ2v) is 4.11. The molecule has 88 valence electrons. The summed E-state index contributed by atoms with van der Waals surface area (Å²) in [7, 11) is 1.89. The maximum absolute atomic E-state index is 10.7. The van der Waals surface area contributed by atoms with Gasteiger partial charge in [-0.15, -0.1) is 0 Å². The van der Waals surface area contributed by atoms with Gasteiger partial charge in [0.2, 0.25) is 0 Å². The van der Waals surface area contributed by atoms with E-state index in [1.807, 2.05) is 11.9 Å². The molecule has 0 aromatic carbocycles. The number of rotatable bonds is 4. The van der Waals surface area contributed by atoms with Crippen LogP contribution in [-0.2, 0) is 0 Å². The van der Waals surface area contributed by atoms with Crippen molar-refractivity contribution in [1.29, 1.82) is 0 Å². The van der Waals surface area contributed by atoms with E-state index in [2.05, 4.69) is 18.8 Å². The summed E-state index contributed by atoms with van der Waals surface area (Å²) in [5.41, 5.74) is 0.103. The van der Waals surface area contributed by atoms with Crippen molar-refractivity contribution in [3.8, 4) is 0 Å². The fourth-order valence-electron chi connectivity index (χ4n) is 1.29. The van der Waals surface area contributed by atoms with Gasteiger partial charge in [0.1, 0.15) is 5.82 Å². The number of anilines is 1. The van der Waals surface area contributed by atoms with Gasteiger partial charge in [-0.1, -0.05) is 18.5 Å². The van der Waals surface area contributed by atoms with E-state index in [4.69, 9.17) is 16.7 Å². The molecule has 5 heteroatoms. The van der Waals surface area contributed by atoms with Crippen LogP contribution in [0.3, 0.4) is 0 Å². The van der Waals surface area contributed by atoms with Crippen LogP contribution >= 0.6 is 11.6 Å². The van der Waals surface area contributed by atoms with Crippen LogP contribution in [0, 0.1) is 0 Å². The smallest absolute Gasteiger partial charge is 0.337 e. The summed E-state index contributed by atoms with van der Waals surface area (Å²) in [6, 6.07) is 1.73. The number of carboxylic acids is 1. The molecule has 0 aliphatic carbocycles. The first kappa shape index (κ1) is 12.8. The normalized spacial score (nSPS) is 12.2. The highest BCUT2D eigenvalue weighted by Gasteiger charge is 2.14. The molecule has 0 amide bonds. The number of carbonyl (C=O) groups is 1. The highest BCUT2D eigenvalue weighted by atomic mass is 35.5. The molecule has 1 aromatic rings. The Morgan fingerprint density at radius 3 is 2.75 bits per heavy atom. The molecular weight excluding hydrogens is 228 g/mol.